The molecule has 1 aromatic rings. The number of esters is 1. The topological polar surface area (TPSA) is 66.4 Å². The van der Waals surface area contributed by atoms with E-state index in [4.69, 9.17) is 0 Å². The van der Waals surface area contributed by atoms with Gasteiger partial charge in [-0.3, -0.25) is 4.21 Å². The molecule has 0 heterocycles. The summed E-state index contributed by atoms with van der Waals surface area (Å²) in [5.74, 6) is -1.84. The van der Waals surface area contributed by atoms with Crippen molar-refractivity contribution in [3.05, 3.63) is 33.5 Å². The fourth-order valence-electron chi connectivity index (χ4n) is 1.10. The first-order valence-corrected chi connectivity index (χ1v) is 6.11. The summed E-state index contributed by atoms with van der Waals surface area (Å²) >= 11 is 0.580. The Hall–Kier alpha value is -0.790. The van der Waals surface area contributed by atoms with Crippen LogP contribution in [0.15, 0.2) is 16.6 Å². The second-order valence-electron chi connectivity index (χ2n) is 2.86. The zero-order chi connectivity index (χ0) is 12.3. The van der Waals surface area contributed by atoms with Crippen LogP contribution in [0.3, 0.4) is 0 Å². The summed E-state index contributed by atoms with van der Waals surface area (Å²) in [6, 6.07) is 2.19. The van der Waals surface area contributed by atoms with Crippen molar-refractivity contribution < 1.29 is 22.7 Å². The van der Waals surface area contributed by atoms with Gasteiger partial charge in [0.05, 0.1) is 12.7 Å². The summed E-state index contributed by atoms with van der Waals surface area (Å²) in [4.78, 5) is 11.3. The molecule has 7 heteroatoms. The van der Waals surface area contributed by atoms with Crippen molar-refractivity contribution in [1.82, 2.24) is 0 Å². The minimum atomic E-state index is -2.41. The van der Waals surface area contributed by atoms with Gasteiger partial charge in [-0.25, -0.2) is 9.18 Å². The van der Waals surface area contributed by atoms with E-state index in [9.17, 15) is 17.9 Å². The van der Waals surface area contributed by atoms with Crippen LogP contribution in [-0.4, -0.2) is 21.8 Å². The molecular formula is C9H7BrFO4S-. The molecule has 1 rings (SSSR count). The summed E-state index contributed by atoms with van der Waals surface area (Å²) in [5.41, 5.74) is 0.0151. The van der Waals surface area contributed by atoms with Crippen LogP contribution in [0.2, 0.25) is 0 Å². The summed E-state index contributed by atoms with van der Waals surface area (Å²) in [6.07, 6.45) is 0. The quantitative estimate of drug-likeness (QED) is 0.630. The van der Waals surface area contributed by atoms with E-state index in [1.165, 1.54) is 7.11 Å². The van der Waals surface area contributed by atoms with Gasteiger partial charge in [0.15, 0.2) is 0 Å². The highest BCUT2D eigenvalue weighted by Crippen LogP contribution is 2.22. The molecular weight excluding hydrogens is 303 g/mol. The van der Waals surface area contributed by atoms with E-state index < -0.39 is 28.6 Å². The normalized spacial score (nSPS) is 12.2. The number of hydrogen-bond acceptors (Lipinski definition) is 4. The predicted molar refractivity (Wildman–Crippen MR) is 58.1 cm³/mol. The summed E-state index contributed by atoms with van der Waals surface area (Å²) in [5, 5.41) is 0. The first-order valence-electron chi connectivity index (χ1n) is 4.07. The summed E-state index contributed by atoms with van der Waals surface area (Å²) < 4.78 is 38.9. The standard InChI is InChI=1S/C9H8BrFO4S/c1-15-9(12)6-2-5(4-16(13)14)8(11)3-7(6)10/h2-3H,4H2,1H3,(H,13,14)/p-1. The zero-order valence-corrected chi connectivity index (χ0v) is 10.6. The minimum Gasteiger partial charge on any atom is -0.772 e. The van der Waals surface area contributed by atoms with Crippen LogP contribution < -0.4 is 0 Å². The van der Waals surface area contributed by atoms with E-state index >= 15 is 0 Å². The molecule has 0 radical (unpaired) electrons. The monoisotopic (exact) mass is 309 g/mol. The highest BCUT2D eigenvalue weighted by Gasteiger charge is 2.14. The number of hydrogen-bond donors (Lipinski definition) is 0. The molecule has 4 nitrogen and oxygen atoms in total. The highest BCUT2D eigenvalue weighted by atomic mass is 79.9. The van der Waals surface area contributed by atoms with Gasteiger partial charge in [-0.1, -0.05) is 11.1 Å². The van der Waals surface area contributed by atoms with Gasteiger partial charge in [0.2, 0.25) is 0 Å². The summed E-state index contributed by atoms with van der Waals surface area (Å²) in [7, 11) is 1.18. The Bertz CT molecular complexity index is 449. The van der Waals surface area contributed by atoms with Gasteiger partial charge in [-0.2, -0.15) is 0 Å². The van der Waals surface area contributed by atoms with Gasteiger partial charge < -0.3 is 9.29 Å². The highest BCUT2D eigenvalue weighted by molar-refractivity contribution is 9.10. The van der Waals surface area contributed by atoms with Crippen LogP contribution in [-0.2, 0) is 21.6 Å². The van der Waals surface area contributed by atoms with Crippen molar-refractivity contribution in [2.24, 2.45) is 0 Å². The van der Waals surface area contributed by atoms with Crippen LogP contribution in [0, 0.1) is 5.82 Å². The first kappa shape index (κ1) is 13.3. The predicted octanol–water partition coefficient (Wildman–Crippen LogP) is 1.75. The van der Waals surface area contributed by atoms with Crippen molar-refractivity contribution in [2.45, 2.75) is 5.75 Å². The van der Waals surface area contributed by atoms with E-state index in [0.29, 0.717) is 0 Å². The van der Waals surface area contributed by atoms with Crippen molar-refractivity contribution >= 4 is 33.0 Å². The maximum atomic E-state index is 13.3. The Labute approximate surface area is 102 Å². The third-order valence-corrected chi connectivity index (χ3v) is 3.02. The largest absolute Gasteiger partial charge is 0.772 e. The fraction of sp³-hybridized carbons (Fsp3) is 0.222. The van der Waals surface area contributed by atoms with Crippen LogP contribution in [0.1, 0.15) is 15.9 Å². The van der Waals surface area contributed by atoms with Gasteiger partial charge in [0.25, 0.3) is 0 Å². The molecule has 16 heavy (non-hydrogen) atoms. The molecule has 0 spiro atoms. The summed E-state index contributed by atoms with van der Waals surface area (Å²) in [6.45, 7) is 0. The number of ether oxygens (including phenoxy) is 1. The van der Waals surface area contributed by atoms with Gasteiger partial charge in [-0.05, 0) is 28.1 Å². The Morgan fingerprint density at radius 3 is 2.75 bits per heavy atom. The van der Waals surface area contributed by atoms with Crippen LogP contribution in [0.25, 0.3) is 0 Å². The number of methoxy groups -OCH3 is 1. The number of benzene rings is 1. The zero-order valence-electron chi connectivity index (χ0n) is 8.16. The molecule has 1 unspecified atom stereocenters. The minimum absolute atomic E-state index is 0.0723. The lowest BCUT2D eigenvalue weighted by atomic mass is 10.1. The lowest BCUT2D eigenvalue weighted by molar-refractivity contribution is 0.0599. The van der Waals surface area contributed by atoms with E-state index in [1.807, 2.05) is 0 Å². The van der Waals surface area contributed by atoms with Crippen molar-refractivity contribution in [1.29, 1.82) is 0 Å². The van der Waals surface area contributed by atoms with E-state index in [-0.39, 0.29) is 15.6 Å². The maximum Gasteiger partial charge on any atom is 0.339 e. The third kappa shape index (κ3) is 3.10. The lowest BCUT2D eigenvalue weighted by Gasteiger charge is -2.09. The molecule has 0 aliphatic carbocycles. The number of halogens is 2. The Morgan fingerprint density at radius 2 is 2.25 bits per heavy atom. The average Bonchev–Trinajstić information content (AvgIpc) is 2.20. The Morgan fingerprint density at radius 1 is 1.62 bits per heavy atom. The number of carbonyl (C=O) groups excluding carboxylic acids is 1. The molecule has 0 bridgehead atoms. The number of carbonyl (C=O) groups is 1. The molecule has 0 saturated heterocycles. The van der Waals surface area contributed by atoms with E-state index in [1.54, 1.807) is 0 Å². The second kappa shape index (κ2) is 5.51. The van der Waals surface area contributed by atoms with Gasteiger partial charge in [0.1, 0.15) is 5.82 Å². The van der Waals surface area contributed by atoms with E-state index in [2.05, 4.69) is 20.7 Å². The van der Waals surface area contributed by atoms with Crippen molar-refractivity contribution in [2.75, 3.05) is 7.11 Å². The van der Waals surface area contributed by atoms with Crippen molar-refractivity contribution in [3.8, 4) is 0 Å². The molecule has 88 valence electrons. The van der Waals surface area contributed by atoms with Crippen molar-refractivity contribution in [3.63, 3.8) is 0 Å². The average molecular weight is 310 g/mol. The van der Waals surface area contributed by atoms with Crippen LogP contribution in [0.5, 0.6) is 0 Å². The second-order valence-corrected chi connectivity index (χ2v) is 4.61. The molecule has 0 aliphatic heterocycles. The molecule has 0 aliphatic rings. The van der Waals surface area contributed by atoms with E-state index in [0.717, 1.165) is 12.1 Å². The molecule has 0 saturated carbocycles. The Balaban J connectivity index is 3.21. The van der Waals surface area contributed by atoms with Gasteiger partial charge in [0, 0.05) is 15.8 Å². The SMILES string of the molecule is COC(=O)c1cc(CS(=O)[O-])c(F)cc1Br. The lowest BCUT2D eigenvalue weighted by Crippen LogP contribution is -2.06. The molecule has 0 N–H and O–H groups in total. The number of rotatable bonds is 3. The molecule has 1 atom stereocenters. The van der Waals surface area contributed by atoms with Crippen LogP contribution >= 0.6 is 15.9 Å². The first-order chi connectivity index (χ1) is 7.45. The molecule has 0 fully saturated rings. The van der Waals surface area contributed by atoms with Crippen LogP contribution in [0.4, 0.5) is 4.39 Å². The maximum absolute atomic E-state index is 13.3. The third-order valence-electron chi connectivity index (χ3n) is 1.81. The smallest absolute Gasteiger partial charge is 0.339 e. The molecule has 1 aromatic carbocycles. The molecule has 0 amide bonds. The van der Waals surface area contributed by atoms with Gasteiger partial charge >= 0.3 is 5.97 Å². The van der Waals surface area contributed by atoms with Gasteiger partial charge in [-0.15, -0.1) is 0 Å². The fourth-order valence-corrected chi connectivity index (χ4v) is 2.05. The Kier molecular flexibility index (Phi) is 4.57. The molecule has 0 aromatic heterocycles.